The number of methoxy groups -OCH3 is 1. The third-order valence-corrected chi connectivity index (χ3v) is 4.50. The van der Waals surface area contributed by atoms with Gasteiger partial charge >= 0.3 is 0 Å². The largest absolute Gasteiger partial charge is 0.496 e. The van der Waals surface area contributed by atoms with Gasteiger partial charge in [-0.3, -0.25) is 4.79 Å². The molecule has 4 nitrogen and oxygen atoms in total. The fourth-order valence-electron chi connectivity index (χ4n) is 1.84. The molecule has 0 saturated heterocycles. The summed E-state index contributed by atoms with van der Waals surface area (Å²) >= 11 is 5.01. The predicted octanol–water partition coefficient (Wildman–Crippen LogP) is 3.37. The van der Waals surface area contributed by atoms with Crippen molar-refractivity contribution in [1.82, 2.24) is 4.90 Å². The number of anilines is 1. The third kappa shape index (κ3) is 3.32. The summed E-state index contributed by atoms with van der Waals surface area (Å²) in [5, 5.41) is 1.99. The van der Waals surface area contributed by atoms with Crippen molar-refractivity contribution in [3.05, 3.63) is 44.6 Å². The van der Waals surface area contributed by atoms with E-state index in [4.69, 9.17) is 10.5 Å². The summed E-state index contributed by atoms with van der Waals surface area (Å²) in [7, 11) is 3.30. The highest BCUT2D eigenvalue weighted by Gasteiger charge is 2.17. The normalized spacial score (nSPS) is 10.3. The first-order valence-electron chi connectivity index (χ1n) is 5.93. The molecule has 1 heterocycles. The summed E-state index contributed by atoms with van der Waals surface area (Å²) in [5.74, 6) is 0.419. The second-order valence-electron chi connectivity index (χ2n) is 4.35. The topological polar surface area (TPSA) is 55.6 Å². The number of nitrogens with two attached hydrogens (primary N) is 1. The van der Waals surface area contributed by atoms with E-state index in [-0.39, 0.29) is 5.91 Å². The van der Waals surface area contributed by atoms with Gasteiger partial charge in [-0.15, -0.1) is 11.3 Å². The van der Waals surface area contributed by atoms with Crippen LogP contribution >= 0.6 is 27.3 Å². The molecule has 0 aliphatic carbocycles. The molecule has 0 aliphatic rings. The number of hydrogen-bond donors (Lipinski definition) is 1. The molecule has 0 saturated carbocycles. The maximum Gasteiger partial charge on any atom is 0.257 e. The van der Waals surface area contributed by atoms with Gasteiger partial charge in [-0.1, -0.05) is 0 Å². The van der Waals surface area contributed by atoms with Crippen molar-refractivity contribution in [3.8, 4) is 5.75 Å². The quantitative estimate of drug-likeness (QED) is 0.856. The fourth-order valence-corrected chi connectivity index (χ4v) is 3.34. The molecule has 0 radical (unpaired) electrons. The van der Waals surface area contributed by atoms with Crippen LogP contribution in [0, 0.1) is 0 Å². The van der Waals surface area contributed by atoms with Crippen molar-refractivity contribution < 1.29 is 9.53 Å². The van der Waals surface area contributed by atoms with Crippen LogP contribution in [0.2, 0.25) is 0 Å². The first-order chi connectivity index (χ1) is 9.51. The van der Waals surface area contributed by atoms with Gasteiger partial charge in [-0.05, 0) is 40.2 Å². The Hall–Kier alpha value is -1.53. The predicted molar refractivity (Wildman–Crippen MR) is 85.2 cm³/mol. The third-order valence-electron chi connectivity index (χ3n) is 2.82. The van der Waals surface area contributed by atoms with Crippen LogP contribution in [-0.2, 0) is 6.54 Å². The number of rotatable bonds is 4. The Morgan fingerprint density at radius 2 is 2.20 bits per heavy atom. The molecular formula is C14H15BrN2O2S. The Bertz CT molecular complexity index is 627. The van der Waals surface area contributed by atoms with Crippen LogP contribution in [0.1, 0.15) is 15.2 Å². The molecule has 2 rings (SSSR count). The van der Waals surface area contributed by atoms with Crippen molar-refractivity contribution in [2.75, 3.05) is 19.9 Å². The van der Waals surface area contributed by atoms with E-state index < -0.39 is 0 Å². The van der Waals surface area contributed by atoms with Gasteiger partial charge < -0.3 is 15.4 Å². The number of amides is 1. The number of ether oxygens (including phenoxy) is 1. The summed E-state index contributed by atoms with van der Waals surface area (Å²) in [6.45, 7) is 0.549. The van der Waals surface area contributed by atoms with Crippen molar-refractivity contribution in [2.24, 2.45) is 0 Å². The highest BCUT2D eigenvalue weighted by atomic mass is 79.9. The van der Waals surface area contributed by atoms with E-state index in [1.165, 1.54) is 0 Å². The number of carbonyl (C=O) groups excluding carboxylic acids is 1. The van der Waals surface area contributed by atoms with E-state index in [0.717, 1.165) is 9.35 Å². The Morgan fingerprint density at radius 3 is 2.80 bits per heavy atom. The highest BCUT2D eigenvalue weighted by molar-refractivity contribution is 9.10. The molecule has 0 atom stereocenters. The molecule has 1 aromatic carbocycles. The van der Waals surface area contributed by atoms with E-state index in [0.29, 0.717) is 23.5 Å². The van der Waals surface area contributed by atoms with Gasteiger partial charge in [0.25, 0.3) is 5.91 Å². The number of carbonyl (C=O) groups is 1. The molecule has 2 N–H and O–H groups in total. The van der Waals surface area contributed by atoms with Gasteiger partial charge in [-0.2, -0.15) is 0 Å². The Kier molecular flexibility index (Phi) is 4.67. The van der Waals surface area contributed by atoms with E-state index in [9.17, 15) is 4.79 Å². The molecule has 0 aliphatic heterocycles. The maximum absolute atomic E-state index is 12.5. The van der Waals surface area contributed by atoms with Gasteiger partial charge in [0.2, 0.25) is 0 Å². The standard InChI is InChI=1S/C14H15BrN2O2S/c1-17(7-11-5-9(15)8-20-11)14(18)12-6-10(16)3-4-13(12)19-2/h3-6,8H,7,16H2,1-2H3. The lowest BCUT2D eigenvalue weighted by molar-refractivity contribution is 0.0783. The minimum absolute atomic E-state index is 0.112. The lowest BCUT2D eigenvalue weighted by atomic mass is 10.1. The first kappa shape index (κ1) is 14.9. The zero-order chi connectivity index (χ0) is 14.7. The Morgan fingerprint density at radius 1 is 1.45 bits per heavy atom. The minimum atomic E-state index is -0.112. The van der Waals surface area contributed by atoms with Crippen molar-refractivity contribution in [2.45, 2.75) is 6.54 Å². The average molecular weight is 355 g/mol. The lowest BCUT2D eigenvalue weighted by Gasteiger charge is -2.18. The number of nitrogens with zero attached hydrogens (tertiary/aromatic N) is 1. The van der Waals surface area contributed by atoms with Crippen LogP contribution in [0.15, 0.2) is 34.1 Å². The number of hydrogen-bond acceptors (Lipinski definition) is 4. The molecule has 0 bridgehead atoms. The van der Waals surface area contributed by atoms with Crippen LogP contribution in [-0.4, -0.2) is 25.0 Å². The van der Waals surface area contributed by atoms with E-state index in [1.807, 2.05) is 11.4 Å². The van der Waals surface area contributed by atoms with Crippen LogP contribution in [0.25, 0.3) is 0 Å². The Labute approximate surface area is 130 Å². The van der Waals surface area contributed by atoms with E-state index in [2.05, 4.69) is 15.9 Å². The van der Waals surface area contributed by atoms with Crippen LogP contribution < -0.4 is 10.5 Å². The van der Waals surface area contributed by atoms with Crippen molar-refractivity contribution >= 4 is 38.9 Å². The smallest absolute Gasteiger partial charge is 0.257 e. The van der Waals surface area contributed by atoms with Gasteiger partial charge in [0, 0.05) is 27.5 Å². The molecule has 1 aromatic heterocycles. The molecule has 0 unspecified atom stereocenters. The number of benzene rings is 1. The van der Waals surface area contributed by atoms with Gasteiger partial charge in [-0.25, -0.2) is 0 Å². The fraction of sp³-hybridized carbons (Fsp3) is 0.214. The summed E-state index contributed by atoms with van der Waals surface area (Å²) in [6, 6.07) is 7.07. The minimum Gasteiger partial charge on any atom is -0.496 e. The second-order valence-corrected chi connectivity index (χ2v) is 6.26. The molecular weight excluding hydrogens is 340 g/mol. The van der Waals surface area contributed by atoms with Crippen LogP contribution in [0.4, 0.5) is 5.69 Å². The highest BCUT2D eigenvalue weighted by Crippen LogP contribution is 2.25. The molecule has 106 valence electrons. The number of thiophene rings is 1. The molecule has 1 amide bonds. The van der Waals surface area contributed by atoms with Crippen LogP contribution in [0.5, 0.6) is 5.75 Å². The molecule has 6 heteroatoms. The van der Waals surface area contributed by atoms with Crippen molar-refractivity contribution in [1.29, 1.82) is 0 Å². The van der Waals surface area contributed by atoms with Crippen LogP contribution in [0.3, 0.4) is 0 Å². The van der Waals surface area contributed by atoms with E-state index in [1.54, 1.807) is 48.6 Å². The van der Waals surface area contributed by atoms with Gasteiger partial charge in [0.1, 0.15) is 5.75 Å². The summed E-state index contributed by atoms with van der Waals surface area (Å²) < 4.78 is 6.25. The molecule has 0 fully saturated rings. The zero-order valence-corrected chi connectivity index (χ0v) is 13.6. The monoisotopic (exact) mass is 354 g/mol. The van der Waals surface area contributed by atoms with E-state index >= 15 is 0 Å². The summed E-state index contributed by atoms with van der Waals surface area (Å²) in [5.41, 5.74) is 6.77. The number of nitrogen functional groups attached to an aromatic ring is 1. The summed E-state index contributed by atoms with van der Waals surface area (Å²) in [4.78, 5) is 15.2. The number of halogens is 1. The second kappa shape index (κ2) is 6.28. The van der Waals surface area contributed by atoms with Gasteiger partial charge in [0.15, 0.2) is 0 Å². The average Bonchev–Trinajstić information content (AvgIpc) is 2.83. The lowest BCUT2D eigenvalue weighted by Crippen LogP contribution is -2.26. The zero-order valence-electron chi connectivity index (χ0n) is 11.2. The summed E-state index contributed by atoms with van der Waals surface area (Å²) in [6.07, 6.45) is 0. The molecule has 2 aromatic rings. The van der Waals surface area contributed by atoms with Gasteiger partial charge in [0.05, 0.1) is 19.2 Å². The molecule has 20 heavy (non-hydrogen) atoms. The Balaban J connectivity index is 2.20. The first-order valence-corrected chi connectivity index (χ1v) is 7.60. The SMILES string of the molecule is COc1ccc(N)cc1C(=O)N(C)Cc1cc(Br)cs1. The van der Waals surface area contributed by atoms with Crippen molar-refractivity contribution in [3.63, 3.8) is 0 Å². The molecule has 0 spiro atoms. The maximum atomic E-state index is 12.5.